The molecule has 6 nitrogen and oxygen atoms in total. The fourth-order valence-corrected chi connectivity index (χ4v) is 7.89. The van der Waals surface area contributed by atoms with E-state index in [1.54, 1.807) is 0 Å². The maximum atomic E-state index is 14.4. The van der Waals surface area contributed by atoms with Gasteiger partial charge < -0.3 is 25.7 Å². The Morgan fingerprint density at radius 3 is 1.79 bits per heavy atom. The van der Waals surface area contributed by atoms with Gasteiger partial charge in [0.1, 0.15) is 5.76 Å². The lowest BCUT2D eigenvalue weighted by atomic mass is 9.65. The van der Waals surface area contributed by atoms with E-state index in [2.05, 4.69) is 130 Å². The van der Waals surface area contributed by atoms with Gasteiger partial charge in [0.15, 0.2) is 0 Å². The molecule has 0 fully saturated rings. The van der Waals surface area contributed by atoms with Crippen LogP contribution in [0.15, 0.2) is 120 Å². The number of hydrogen-bond donors (Lipinski definition) is 4. The smallest absolute Gasteiger partial charge is 0.427 e. The molecule has 6 aromatic carbocycles. The van der Waals surface area contributed by atoms with Crippen LogP contribution < -0.4 is 37.2 Å². The summed E-state index contributed by atoms with van der Waals surface area (Å²) in [4.78, 5) is 19.6. The molecule has 0 amide bonds. The van der Waals surface area contributed by atoms with Crippen LogP contribution in [0.2, 0.25) is 0 Å². The first-order valence-corrected chi connectivity index (χ1v) is 18.1. The van der Waals surface area contributed by atoms with Crippen LogP contribution in [0.4, 0.5) is 17.1 Å². The van der Waals surface area contributed by atoms with Crippen molar-refractivity contribution in [3.8, 4) is 0 Å². The number of anilines is 3. The summed E-state index contributed by atoms with van der Waals surface area (Å²) in [5.41, 5.74) is 8.80. The number of allylic oxidation sites excluding steroid dienone is 2. The van der Waals surface area contributed by atoms with Gasteiger partial charge in [0.2, 0.25) is 5.78 Å². The number of carbonyl (C=O) groups excluding carboxylic acids is 1. The third-order valence-corrected chi connectivity index (χ3v) is 10.9. The Morgan fingerprint density at radius 1 is 0.596 bits per heavy atom. The van der Waals surface area contributed by atoms with Gasteiger partial charge in [0.05, 0.1) is 16.5 Å². The fourth-order valence-electron chi connectivity index (χ4n) is 7.89. The first-order chi connectivity index (χ1) is 24.9. The molecule has 2 aliphatic heterocycles. The Balaban J connectivity index is 1.18. The molecule has 0 spiro atoms. The summed E-state index contributed by atoms with van der Waals surface area (Å²) in [7, 11) is 0. The van der Waals surface area contributed by atoms with E-state index in [0.29, 0.717) is 27.3 Å². The predicted octanol–water partition coefficient (Wildman–Crippen LogP) is 6.96. The number of nitrogens with one attached hydrogen (secondary N) is 3. The summed E-state index contributed by atoms with van der Waals surface area (Å²) >= 11 is 0. The van der Waals surface area contributed by atoms with Crippen LogP contribution in [0, 0.1) is 0 Å². The molecule has 2 heterocycles. The third kappa shape index (κ3) is 5.03. The Morgan fingerprint density at radius 2 is 1.17 bits per heavy atom. The summed E-state index contributed by atoms with van der Waals surface area (Å²) in [5.74, 6) is -0.192. The van der Waals surface area contributed by atoms with Crippen molar-refractivity contribution in [3.05, 3.63) is 142 Å². The number of carbonyl (C=O) groups is 1. The topological polar surface area (TPSA) is 85.8 Å². The van der Waals surface area contributed by atoms with Gasteiger partial charge >= 0.3 is 14.0 Å². The molecule has 0 atom stereocenters. The lowest BCUT2D eigenvalue weighted by molar-refractivity contribution is -0.109. The maximum absolute atomic E-state index is 14.4. The molecule has 0 radical (unpaired) electrons. The minimum absolute atomic E-state index is 0.00242. The van der Waals surface area contributed by atoms with Crippen LogP contribution in [0.25, 0.3) is 32.7 Å². The maximum Gasteiger partial charge on any atom is 0.427 e. The highest BCUT2D eigenvalue weighted by atomic mass is 16.3. The number of hydrogen-bond acceptors (Lipinski definition) is 6. The van der Waals surface area contributed by atoms with Gasteiger partial charge in [-0.2, -0.15) is 0 Å². The zero-order chi connectivity index (χ0) is 36.1. The van der Waals surface area contributed by atoms with Gasteiger partial charge in [0.25, 0.3) is 0 Å². The Hall–Kier alpha value is -5.75. The first-order valence-electron chi connectivity index (χ1n) is 18.1. The SMILES string of the molecule is CC(C)(C)c1ccc(B2N=c3/c(=C4/C(=O)C(c5ccc6cccc7c6c5NB(c5ccc(C(C)(C)C)cc5)N7)=C4O)ccc4cccc(c34)N2)cc1. The zero-order valence-electron chi connectivity index (χ0n) is 30.3. The van der Waals surface area contributed by atoms with Crippen molar-refractivity contribution >= 4 is 80.4 Å². The Labute approximate surface area is 304 Å². The molecule has 3 aliphatic rings. The number of benzene rings is 6. The van der Waals surface area contributed by atoms with Crippen molar-refractivity contribution in [1.29, 1.82) is 0 Å². The molecule has 52 heavy (non-hydrogen) atoms. The van der Waals surface area contributed by atoms with Gasteiger partial charge in [-0.25, -0.2) is 0 Å². The number of rotatable bonds is 3. The zero-order valence-corrected chi connectivity index (χ0v) is 30.3. The number of aliphatic hydroxyl groups excluding tert-OH is 1. The van der Waals surface area contributed by atoms with Crippen molar-refractivity contribution < 1.29 is 9.90 Å². The van der Waals surface area contributed by atoms with Gasteiger partial charge in [0, 0.05) is 38.6 Å². The van der Waals surface area contributed by atoms with E-state index in [1.165, 1.54) is 11.1 Å². The van der Waals surface area contributed by atoms with Crippen LogP contribution in [0.5, 0.6) is 0 Å². The predicted molar refractivity (Wildman–Crippen MR) is 219 cm³/mol. The summed E-state index contributed by atoms with van der Waals surface area (Å²) in [6.07, 6.45) is 0. The second-order valence-electron chi connectivity index (χ2n) is 16.3. The summed E-state index contributed by atoms with van der Waals surface area (Å²) in [6, 6.07) is 37.5. The van der Waals surface area contributed by atoms with Crippen molar-refractivity contribution in [2.24, 2.45) is 4.90 Å². The molecule has 0 saturated carbocycles. The fraction of sp³-hybridized carbons (Fsp3) is 0.182. The summed E-state index contributed by atoms with van der Waals surface area (Å²) < 4.78 is 0. The van der Waals surface area contributed by atoms with Gasteiger partial charge in [-0.1, -0.05) is 139 Å². The number of nitrogens with zero attached hydrogens (tertiary/aromatic N) is 1. The highest BCUT2D eigenvalue weighted by molar-refractivity contribution is 6.80. The highest BCUT2D eigenvalue weighted by Gasteiger charge is 2.39. The van der Waals surface area contributed by atoms with Gasteiger partial charge in [-0.3, -0.25) is 4.79 Å². The number of Topliss-reactive ketones (excluding diaryl/α,β-unsaturated/α-hetero) is 1. The van der Waals surface area contributed by atoms with Crippen LogP contribution in [-0.4, -0.2) is 24.9 Å². The van der Waals surface area contributed by atoms with Crippen LogP contribution in [0.1, 0.15) is 58.2 Å². The molecular formula is C44H40B2N4O2. The molecular weight excluding hydrogens is 638 g/mol. The minimum atomic E-state index is -0.343. The monoisotopic (exact) mass is 678 g/mol. The molecule has 6 aromatic rings. The van der Waals surface area contributed by atoms with E-state index in [0.717, 1.165) is 49.5 Å². The molecule has 0 saturated heterocycles. The van der Waals surface area contributed by atoms with E-state index in [4.69, 9.17) is 4.90 Å². The molecule has 0 aromatic heterocycles. The summed E-state index contributed by atoms with van der Waals surface area (Å²) in [6.45, 7) is 12.7. The Kier molecular flexibility index (Phi) is 7.04. The number of ketones is 1. The lowest BCUT2D eigenvalue weighted by Gasteiger charge is -2.31. The van der Waals surface area contributed by atoms with Crippen molar-refractivity contribution in [2.75, 3.05) is 15.7 Å². The molecule has 0 bridgehead atoms. The molecule has 4 N–H and O–H groups in total. The second-order valence-corrected chi connectivity index (χ2v) is 16.3. The van der Waals surface area contributed by atoms with Crippen LogP contribution in [-0.2, 0) is 15.6 Å². The van der Waals surface area contributed by atoms with Crippen molar-refractivity contribution in [2.45, 2.75) is 52.4 Å². The standard InChI is InChI=1S/C44H40B2N4O2/c1-43(2,3)27-15-19-29(20-16-27)45-47-33-11-7-9-25-13-23-31(39(49-45)35(25)33)37-41(51)38(42(37)52)32-24-14-26-10-8-12-34-36(26)40(32)50-46(48-34)30-21-17-28(18-22-30)44(4,5)6/h7-24,47-49,51H,1-6H3/b38-32+. The van der Waals surface area contributed by atoms with Crippen molar-refractivity contribution in [1.82, 2.24) is 0 Å². The lowest BCUT2D eigenvalue weighted by Crippen LogP contribution is -2.48. The normalized spacial score (nSPS) is 16.3. The van der Waals surface area contributed by atoms with E-state index >= 15 is 0 Å². The molecule has 9 rings (SSSR count). The van der Waals surface area contributed by atoms with E-state index in [9.17, 15) is 9.90 Å². The quantitative estimate of drug-likeness (QED) is 0.152. The van der Waals surface area contributed by atoms with Gasteiger partial charge in [-0.15, -0.1) is 0 Å². The van der Waals surface area contributed by atoms with Crippen LogP contribution in [0.3, 0.4) is 0 Å². The Bertz CT molecular complexity index is 2650. The van der Waals surface area contributed by atoms with Gasteiger partial charge in [-0.05, 0) is 55.8 Å². The van der Waals surface area contributed by atoms with Crippen LogP contribution >= 0.6 is 0 Å². The third-order valence-electron chi connectivity index (χ3n) is 10.9. The first kappa shape index (κ1) is 32.2. The summed E-state index contributed by atoms with van der Waals surface area (Å²) in [5, 5.41) is 28.3. The number of aliphatic hydroxyl groups is 1. The van der Waals surface area contributed by atoms with E-state index < -0.39 is 0 Å². The second kappa shape index (κ2) is 11.4. The largest absolute Gasteiger partial charge is 0.506 e. The average molecular weight is 678 g/mol. The van der Waals surface area contributed by atoms with Crippen molar-refractivity contribution in [3.63, 3.8) is 0 Å². The molecule has 254 valence electrons. The van der Waals surface area contributed by atoms with E-state index in [-0.39, 0.29) is 36.3 Å². The molecule has 0 unspecified atom stereocenters. The molecule has 1 aliphatic carbocycles. The molecule has 8 heteroatoms. The highest BCUT2D eigenvalue weighted by Crippen LogP contribution is 2.45. The van der Waals surface area contributed by atoms with E-state index in [1.807, 2.05) is 36.4 Å². The minimum Gasteiger partial charge on any atom is -0.506 e. The average Bonchev–Trinajstić information content (AvgIpc) is 3.13.